The number of carbonyl (C=O) groups excluding carboxylic acids is 2. The van der Waals surface area contributed by atoms with Gasteiger partial charge in [0, 0.05) is 0 Å². The van der Waals surface area contributed by atoms with Crippen molar-refractivity contribution in [2.24, 2.45) is 5.41 Å². The van der Waals surface area contributed by atoms with Crippen LogP contribution in [0, 0.1) is 23.7 Å². The number of alkyl halides is 2. The van der Waals surface area contributed by atoms with Crippen molar-refractivity contribution >= 4 is 60.1 Å². The van der Waals surface area contributed by atoms with E-state index in [1.807, 2.05) is 13.0 Å². The first-order valence-electron chi connectivity index (χ1n) is 6.58. The fraction of sp³-hybridized carbons (Fsp3) is 0.500. The van der Waals surface area contributed by atoms with E-state index in [-0.39, 0.29) is 12.5 Å². The molecule has 5 nitrogen and oxygen atoms in total. The van der Waals surface area contributed by atoms with E-state index in [9.17, 15) is 14.9 Å². The van der Waals surface area contributed by atoms with Crippen molar-refractivity contribution in [3.05, 3.63) is 16.0 Å². The maximum absolute atomic E-state index is 12.4. The number of nitriles is 1. The van der Waals surface area contributed by atoms with Gasteiger partial charge in [0.2, 0.25) is 5.91 Å². The average Bonchev–Trinajstić information content (AvgIpc) is 2.80. The Labute approximate surface area is 149 Å². The Hall–Kier alpha value is -0.910. The van der Waals surface area contributed by atoms with E-state index < -0.39 is 14.6 Å². The minimum absolute atomic E-state index is 0.200. The molecule has 1 fully saturated rings. The summed E-state index contributed by atoms with van der Waals surface area (Å²) in [5.41, 5.74) is 0.244. The lowest BCUT2D eigenvalue weighted by Gasteiger charge is -2.12. The van der Waals surface area contributed by atoms with Crippen LogP contribution in [0.1, 0.15) is 41.1 Å². The number of carbonyl (C=O) groups is 2. The molecule has 1 saturated carbocycles. The third kappa shape index (κ3) is 2.82. The molecule has 0 aliphatic heterocycles. The van der Waals surface area contributed by atoms with Crippen molar-refractivity contribution in [2.45, 2.75) is 30.4 Å². The molecular formula is C14H14Br2N2O3S. The third-order valence-corrected chi connectivity index (χ3v) is 7.20. The summed E-state index contributed by atoms with van der Waals surface area (Å²) in [6.07, 6.45) is 0.642. The van der Waals surface area contributed by atoms with Crippen LogP contribution in [0.3, 0.4) is 0 Å². The topological polar surface area (TPSA) is 79.2 Å². The Kier molecular flexibility index (Phi) is 4.71. The number of hydrogen-bond acceptors (Lipinski definition) is 5. The number of ether oxygens (including phenoxy) is 1. The van der Waals surface area contributed by atoms with E-state index in [1.54, 1.807) is 13.8 Å². The second kappa shape index (κ2) is 5.95. The predicted octanol–water partition coefficient (Wildman–Crippen LogP) is 3.94. The minimum atomic E-state index is -0.596. The van der Waals surface area contributed by atoms with E-state index in [2.05, 4.69) is 37.2 Å². The summed E-state index contributed by atoms with van der Waals surface area (Å²) in [5.74, 6) is -0.677. The number of nitrogens with zero attached hydrogens (tertiary/aromatic N) is 1. The van der Waals surface area contributed by atoms with Gasteiger partial charge in [0.25, 0.3) is 0 Å². The Morgan fingerprint density at radius 2 is 2.09 bits per heavy atom. The van der Waals surface area contributed by atoms with Gasteiger partial charge in [-0.25, -0.2) is 4.79 Å². The van der Waals surface area contributed by atoms with E-state index in [4.69, 9.17) is 4.74 Å². The van der Waals surface area contributed by atoms with Crippen molar-refractivity contribution in [3.63, 3.8) is 0 Å². The number of anilines is 1. The Morgan fingerprint density at radius 1 is 1.50 bits per heavy atom. The van der Waals surface area contributed by atoms with Crippen LogP contribution in [-0.4, -0.2) is 21.7 Å². The standard InChI is InChI=1S/C14H14Br2N2O3S/c1-4-21-11(19)9-7(2)8(5-17)10(22-9)18-12(20)13(3)6-14(13,15)16/h4,6H2,1-3H3,(H,18,20). The first-order chi connectivity index (χ1) is 10.2. The predicted molar refractivity (Wildman–Crippen MR) is 91.7 cm³/mol. The molecule has 0 bridgehead atoms. The normalized spacial score (nSPS) is 21.8. The van der Waals surface area contributed by atoms with Crippen LogP contribution in [-0.2, 0) is 9.53 Å². The van der Waals surface area contributed by atoms with Gasteiger partial charge < -0.3 is 10.1 Å². The summed E-state index contributed by atoms with van der Waals surface area (Å²) >= 11 is 7.96. The smallest absolute Gasteiger partial charge is 0.348 e. The highest BCUT2D eigenvalue weighted by Gasteiger charge is 2.66. The molecule has 0 saturated heterocycles. The molecule has 0 spiro atoms. The summed E-state index contributed by atoms with van der Waals surface area (Å²) in [7, 11) is 0. The van der Waals surface area contributed by atoms with Crippen LogP contribution in [0.2, 0.25) is 0 Å². The summed E-state index contributed by atoms with van der Waals surface area (Å²) < 4.78 is 4.56. The largest absolute Gasteiger partial charge is 0.462 e. The molecular weight excluding hydrogens is 436 g/mol. The summed E-state index contributed by atoms with van der Waals surface area (Å²) in [4.78, 5) is 24.6. The van der Waals surface area contributed by atoms with Crippen molar-refractivity contribution in [2.75, 3.05) is 11.9 Å². The van der Waals surface area contributed by atoms with Gasteiger partial charge >= 0.3 is 5.97 Å². The van der Waals surface area contributed by atoms with Crippen LogP contribution >= 0.6 is 43.2 Å². The Morgan fingerprint density at radius 3 is 2.55 bits per heavy atom. The number of rotatable bonds is 4. The van der Waals surface area contributed by atoms with E-state index in [1.165, 1.54) is 0 Å². The molecule has 1 amide bonds. The van der Waals surface area contributed by atoms with Crippen LogP contribution in [0.25, 0.3) is 0 Å². The molecule has 2 rings (SSSR count). The fourth-order valence-corrected chi connectivity index (χ4v) is 4.54. The zero-order chi connectivity index (χ0) is 16.7. The molecule has 8 heteroatoms. The van der Waals surface area contributed by atoms with Crippen LogP contribution < -0.4 is 5.32 Å². The Bertz CT molecular complexity index is 693. The molecule has 1 unspecified atom stereocenters. The average molecular weight is 450 g/mol. The number of halogens is 2. The lowest BCUT2D eigenvalue weighted by molar-refractivity contribution is -0.120. The molecule has 1 aromatic rings. The van der Waals surface area contributed by atoms with Crippen LogP contribution in [0.5, 0.6) is 0 Å². The molecule has 22 heavy (non-hydrogen) atoms. The molecule has 118 valence electrons. The van der Waals surface area contributed by atoms with Gasteiger partial charge in [0.05, 0.1) is 20.8 Å². The van der Waals surface area contributed by atoms with Gasteiger partial charge in [-0.15, -0.1) is 11.3 Å². The lowest BCUT2D eigenvalue weighted by Crippen LogP contribution is -2.25. The zero-order valence-corrected chi connectivity index (χ0v) is 16.2. The summed E-state index contributed by atoms with van der Waals surface area (Å²) in [5, 5.41) is 12.4. The van der Waals surface area contributed by atoms with Crippen molar-refractivity contribution in [3.8, 4) is 6.07 Å². The molecule has 1 aliphatic carbocycles. The summed E-state index contributed by atoms with van der Waals surface area (Å²) in [6.45, 7) is 5.47. The van der Waals surface area contributed by atoms with E-state index in [0.717, 1.165) is 11.3 Å². The first kappa shape index (κ1) is 17.4. The number of nitrogens with one attached hydrogen (secondary N) is 1. The highest BCUT2D eigenvalue weighted by molar-refractivity contribution is 9.25. The van der Waals surface area contributed by atoms with Crippen LogP contribution in [0.4, 0.5) is 5.00 Å². The quantitative estimate of drug-likeness (QED) is 0.557. The third-order valence-electron chi connectivity index (χ3n) is 3.71. The van der Waals surface area contributed by atoms with Gasteiger partial charge in [0.1, 0.15) is 15.9 Å². The molecule has 0 aromatic carbocycles. The second-order valence-corrected chi connectivity index (χ2v) is 10.1. The first-order valence-corrected chi connectivity index (χ1v) is 8.98. The lowest BCUT2D eigenvalue weighted by atomic mass is 10.1. The van der Waals surface area contributed by atoms with Crippen molar-refractivity contribution in [1.29, 1.82) is 5.26 Å². The van der Waals surface area contributed by atoms with E-state index >= 15 is 0 Å². The molecule has 1 aromatic heterocycles. The monoisotopic (exact) mass is 448 g/mol. The van der Waals surface area contributed by atoms with Crippen molar-refractivity contribution in [1.82, 2.24) is 0 Å². The number of amides is 1. The SMILES string of the molecule is CCOC(=O)c1sc(NC(=O)C2(C)CC2(Br)Br)c(C#N)c1C. The molecule has 1 atom stereocenters. The second-order valence-electron chi connectivity index (χ2n) is 5.26. The van der Waals surface area contributed by atoms with Gasteiger partial charge in [-0.1, -0.05) is 31.9 Å². The van der Waals surface area contributed by atoms with Gasteiger partial charge in [-0.05, 0) is 32.8 Å². The van der Waals surface area contributed by atoms with Gasteiger partial charge in [0.15, 0.2) is 0 Å². The highest BCUT2D eigenvalue weighted by atomic mass is 79.9. The number of esters is 1. The fourth-order valence-electron chi connectivity index (χ4n) is 2.01. The van der Waals surface area contributed by atoms with Gasteiger partial charge in [-0.2, -0.15) is 5.26 Å². The molecule has 0 radical (unpaired) electrons. The highest BCUT2D eigenvalue weighted by Crippen LogP contribution is 2.66. The van der Waals surface area contributed by atoms with Gasteiger partial charge in [-0.3, -0.25) is 4.79 Å². The Balaban J connectivity index is 2.29. The maximum Gasteiger partial charge on any atom is 0.348 e. The zero-order valence-electron chi connectivity index (χ0n) is 12.3. The molecule has 1 N–H and O–H groups in total. The van der Waals surface area contributed by atoms with Crippen LogP contribution in [0.15, 0.2) is 0 Å². The maximum atomic E-state index is 12.4. The van der Waals surface area contributed by atoms with E-state index in [0.29, 0.717) is 27.4 Å². The number of hydrogen-bond donors (Lipinski definition) is 1. The minimum Gasteiger partial charge on any atom is -0.462 e. The van der Waals surface area contributed by atoms with Crippen molar-refractivity contribution < 1.29 is 14.3 Å². The molecule has 1 heterocycles. The molecule has 1 aliphatic rings. The summed E-state index contributed by atoms with van der Waals surface area (Å²) in [6, 6.07) is 2.04. The number of thiophene rings is 1.